The molecule has 0 aliphatic rings. The molecule has 35 heavy (non-hydrogen) atoms. The van der Waals surface area contributed by atoms with E-state index in [1.54, 1.807) is 20.0 Å². The topological polar surface area (TPSA) is 204 Å². The molecule has 0 saturated carbocycles. The van der Waals surface area contributed by atoms with E-state index in [1.165, 1.54) is 0 Å². The lowest BCUT2D eigenvalue weighted by molar-refractivity contribution is -0.141. The minimum Gasteiger partial charge on any atom is -0.481 e. The van der Waals surface area contributed by atoms with Gasteiger partial charge in [-0.25, -0.2) is 4.79 Å². The van der Waals surface area contributed by atoms with Gasteiger partial charge in [0.1, 0.15) is 12.1 Å². The number of carboxylic acids is 2. The number of hydrogen-bond donors (Lipinski definition) is 7. The van der Waals surface area contributed by atoms with Gasteiger partial charge in [0.15, 0.2) is 0 Å². The summed E-state index contributed by atoms with van der Waals surface area (Å²) in [6.07, 6.45) is 1.08. The first-order chi connectivity index (χ1) is 16.5. The molecule has 0 fully saturated rings. The molecule has 0 spiro atoms. The number of nitrogens with one attached hydrogen (secondary N) is 4. The molecule has 1 aromatic heterocycles. The summed E-state index contributed by atoms with van der Waals surface area (Å²) in [4.78, 5) is 62.8. The molecule has 3 unspecified atom stereocenters. The average Bonchev–Trinajstić information content (AvgIpc) is 3.21. The van der Waals surface area contributed by atoms with Gasteiger partial charge in [-0.15, -0.1) is 0 Å². The fourth-order valence-corrected chi connectivity index (χ4v) is 3.36. The third-order valence-corrected chi connectivity index (χ3v) is 5.46. The molecule has 12 nitrogen and oxygen atoms in total. The highest BCUT2D eigenvalue weighted by Crippen LogP contribution is 2.19. The average molecular weight is 490 g/mol. The third kappa shape index (κ3) is 8.10. The molecule has 8 N–H and O–H groups in total. The van der Waals surface area contributed by atoms with E-state index in [0.29, 0.717) is 5.56 Å². The van der Waals surface area contributed by atoms with E-state index in [-0.39, 0.29) is 18.8 Å². The van der Waals surface area contributed by atoms with Crippen LogP contribution in [0.2, 0.25) is 0 Å². The van der Waals surface area contributed by atoms with Crippen molar-refractivity contribution in [1.82, 2.24) is 20.9 Å². The quantitative estimate of drug-likeness (QED) is 0.199. The van der Waals surface area contributed by atoms with Crippen LogP contribution < -0.4 is 21.7 Å². The lowest BCUT2D eigenvalue weighted by atomic mass is 10.0. The molecule has 0 bridgehead atoms. The summed E-state index contributed by atoms with van der Waals surface area (Å²) in [6.45, 7) is 2.87. The second-order valence-corrected chi connectivity index (χ2v) is 8.50. The van der Waals surface area contributed by atoms with E-state index in [2.05, 4.69) is 20.9 Å². The number of aliphatic carboxylic acids is 2. The largest absolute Gasteiger partial charge is 0.481 e. The number of benzene rings is 1. The Kier molecular flexibility index (Phi) is 9.76. The van der Waals surface area contributed by atoms with E-state index in [0.717, 1.165) is 10.9 Å². The Morgan fingerprint density at radius 2 is 1.69 bits per heavy atom. The summed E-state index contributed by atoms with van der Waals surface area (Å²) < 4.78 is 0. The van der Waals surface area contributed by atoms with Crippen LogP contribution in [0.15, 0.2) is 30.5 Å². The second-order valence-electron chi connectivity index (χ2n) is 8.50. The highest BCUT2D eigenvalue weighted by Gasteiger charge is 2.27. The van der Waals surface area contributed by atoms with Crippen molar-refractivity contribution < 1.29 is 34.2 Å². The number of nitrogens with two attached hydrogens (primary N) is 1. The van der Waals surface area contributed by atoms with Crippen molar-refractivity contribution in [2.24, 2.45) is 11.7 Å². The van der Waals surface area contributed by atoms with E-state index in [4.69, 9.17) is 10.8 Å². The van der Waals surface area contributed by atoms with Crippen molar-refractivity contribution in [3.05, 3.63) is 36.0 Å². The van der Waals surface area contributed by atoms with Crippen LogP contribution in [0.1, 0.15) is 32.3 Å². The number of aromatic nitrogens is 1. The second kappa shape index (κ2) is 12.5. The number of para-hydroxylation sites is 1. The number of carbonyl (C=O) groups is 5. The molecule has 1 heterocycles. The molecule has 190 valence electrons. The van der Waals surface area contributed by atoms with E-state index in [1.807, 2.05) is 24.3 Å². The van der Waals surface area contributed by atoms with Crippen molar-refractivity contribution in [2.45, 2.75) is 51.2 Å². The van der Waals surface area contributed by atoms with Crippen LogP contribution in [0, 0.1) is 5.92 Å². The SMILES string of the molecule is CC(C)C(N)C(=O)NC(CCC(=O)O)C(=O)NCC(=O)NC(Cc1c[nH]c2ccccc12)C(=O)O. The highest BCUT2D eigenvalue weighted by atomic mass is 16.4. The lowest BCUT2D eigenvalue weighted by Crippen LogP contribution is -2.54. The summed E-state index contributed by atoms with van der Waals surface area (Å²) in [5.74, 6) is -4.79. The van der Waals surface area contributed by atoms with Crippen molar-refractivity contribution in [3.8, 4) is 0 Å². The molecule has 0 saturated heterocycles. The molecule has 0 aliphatic heterocycles. The van der Waals surface area contributed by atoms with Crippen LogP contribution >= 0.6 is 0 Å². The summed E-state index contributed by atoms with van der Waals surface area (Å²) in [5, 5.41) is 26.4. The molecule has 0 radical (unpaired) electrons. The summed E-state index contributed by atoms with van der Waals surface area (Å²) >= 11 is 0. The molecule has 0 aliphatic carbocycles. The van der Waals surface area contributed by atoms with Crippen LogP contribution in [-0.2, 0) is 30.4 Å². The van der Waals surface area contributed by atoms with Gasteiger partial charge < -0.3 is 36.9 Å². The molecule has 1 aromatic carbocycles. The number of carbonyl (C=O) groups excluding carboxylic acids is 3. The maximum atomic E-state index is 12.6. The van der Waals surface area contributed by atoms with Gasteiger partial charge in [-0.2, -0.15) is 0 Å². The summed E-state index contributed by atoms with van der Waals surface area (Å²) in [5.41, 5.74) is 7.31. The van der Waals surface area contributed by atoms with Crippen LogP contribution in [-0.4, -0.2) is 69.5 Å². The molecular formula is C23H31N5O7. The number of H-pyrrole nitrogens is 1. The van der Waals surface area contributed by atoms with Crippen LogP contribution in [0.3, 0.4) is 0 Å². The van der Waals surface area contributed by atoms with Gasteiger partial charge >= 0.3 is 11.9 Å². The minimum atomic E-state index is -1.25. The van der Waals surface area contributed by atoms with Gasteiger partial charge in [0.05, 0.1) is 12.6 Å². The zero-order valence-corrected chi connectivity index (χ0v) is 19.5. The summed E-state index contributed by atoms with van der Waals surface area (Å²) in [6, 6.07) is 3.96. The Balaban J connectivity index is 1.98. The zero-order valence-electron chi connectivity index (χ0n) is 19.5. The van der Waals surface area contributed by atoms with Gasteiger partial charge in [0, 0.05) is 29.9 Å². The molecule has 3 atom stereocenters. The van der Waals surface area contributed by atoms with Crippen molar-refractivity contribution >= 4 is 40.6 Å². The first-order valence-corrected chi connectivity index (χ1v) is 11.1. The molecule has 3 amide bonds. The Bertz CT molecular complexity index is 1080. The monoisotopic (exact) mass is 489 g/mol. The standard InChI is InChI=1S/C23H31N5O7/c1-12(2)20(24)22(33)28-16(7-8-19(30)31)21(32)26-11-18(29)27-17(23(34)35)9-13-10-25-15-6-4-3-5-14(13)15/h3-6,10,12,16-17,20,25H,7-9,11,24H2,1-2H3,(H,26,32)(H,27,29)(H,28,33)(H,30,31)(H,34,35). The molecule has 12 heteroatoms. The van der Waals surface area contributed by atoms with E-state index in [9.17, 15) is 29.1 Å². The minimum absolute atomic E-state index is 0.0173. The normalized spacial score (nSPS) is 13.6. The summed E-state index contributed by atoms with van der Waals surface area (Å²) in [7, 11) is 0. The number of hydrogen-bond acceptors (Lipinski definition) is 6. The van der Waals surface area contributed by atoms with Gasteiger partial charge in [0.25, 0.3) is 0 Å². The number of aromatic amines is 1. The van der Waals surface area contributed by atoms with Crippen LogP contribution in [0.5, 0.6) is 0 Å². The smallest absolute Gasteiger partial charge is 0.326 e. The maximum absolute atomic E-state index is 12.6. The van der Waals surface area contributed by atoms with Gasteiger partial charge in [-0.05, 0) is 24.0 Å². The fraction of sp³-hybridized carbons (Fsp3) is 0.435. The van der Waals surface area contributed by atoms with E-state index < -0.39 is 60.8 Å². The molecule has 2 aromatic rings. The molecule has 2 rings (SSSR count). The predicted molar refractivity (Wildman–Crippen MR) is 126 cm³/mol. The van der Waals surface area contributed by atoms with Crippen molar-refractivity contribution in [1.29, 1.82) is 0 Å². The van der Waals surface area contributed by atoms with Crippen molar-refractivity contribution in [3.63, 3.8) is 0 Å². The van der Waals surface area contributed by atoms with Crippen LogP contribution in [0.25, 0.3) is 10.9 Å². The number of carboxylic acid groups (broad SMARTS) is 2. The Morgan fingerprint density at radius 1 is 1.00 bits per heavy atom. The first-order valence-electron chi connectivity index (χ1n) is 11.1. The number of amides is 3. The third-order valence-electron chi connectivity index (χ3n) is 5.46. The number of rotatable bonds is 13. The lowest BCUT2D eigenvalue weighted by Gasteiger charge is -2.22. The first kappa shape index (κ1) is 27.3. The van der Waals surface area contributed by atoms with Crippen molar-refractivity contribution in [2.75, 3.05) is 6.54 Å². The van der Waals surface area contributed by atoms with Crippen LogP contribution in [0.4, 0.5) is 0 Å². The van der Waals surface area contributed by atoms with Gasteiger partial charge in [-0.3, -0.25) is 19.2 Å². The Hall–Kier alpha value is -3.93. The Morgan fingerprint density at radius 3 is 2.31 bits per heavy atom. The molecular weight excluding hydrogens is 458 g/mol. The number of fused-ring (bicyclic) bond motifs is 1. The maximum Gasteiger partial charge on any atom is 0.326 e. The van der Waals surface area contributed by atoms with Gasteiger partial charge in [0.2, 0.25) is 17.7 Å². The highest BCUT2D eigenvalue weighted by molar-refractivity contribution is 5.93. The predicted octanol–water partition coefficient (Wildman–Crippen LogP) is -0.271. The fourth-order valence-electron chi connectivity index (χ4n) is 3.36. The van der Waals surface area contributed by atoms with E-state index >= 15 is 0 Å². The zero-order chi connectivity index (χ0) is 26.1. The van der Waals surface area contributed by atoms with Gasteiger partial charge in [-0.1, -0.05) is 32.0 Å². The Labute approximate surface area is 201 Å².